The van der Waals surface area contributed by atoms with E-state index in [0.717, 1.165) is 4.90 Å². The SMILES string of the molecule is [2H]c1nc(CN2CC([2H])([2H])Oc3c([2H])c([2H])c(-c4c([2H])c([2H])c(OC(C)(F)F)c([2H])c4[2H])c([2H])c3C2=O)nc([2H])c1[2H]. The number of amides is 1. The average molecular weight is 423 g/mol. The van der Waals surface area contributed by atoms with Crippen LogP contribution in [0.25, 0.3) is 11.1 Å². The molecule has 154 valence electrons. The van der Waals surface area contributed by atoms with Crippen molar-refractivity contribution in [2.24, 2.45) is 0 Å². The van der Waals surface area contributed by atoms with Crippen molar-refractivity contribution in [1.29, 1.82) is 0 Å². The Hall–Kier alpha value is -3.55. The van der Waals surface area contributed by atoms with E-state index in [9.17, 15) is 13.6 Å². The summed E-state index contributed by atoms with van der Waals surface area (Å²) < 4.78 is 134. The molecule has 2 heterocycles. The van der Waals surface area contributed by atoms with Crippen LogP contribution in [0, 0.1) is 0 Å². The van der Waals surface area contributed by atoms with Gasteiger partial charge in [0.05, 0.1) is 35.1 Å². The highest BCUT2D eigenvalue weighted by Gasteiger charge is 2.25. The fourth-order valence-electron chi connectivity index (χ4n) is 2.42. The second kappa shape index (κ2) is 8.06. The van der Waals surface area contributed by atoms with Crippen molar-refractivity contribution >= 4 is 5.91 Å². The van der Waals surface area contributed by atoms with Gasteiger partial charge in [0.1, 0.15) is 23.9 Å². The van der Waals surface area contributed by atoms with Crippen LogP contribution in [0.3, 0.4) is 0 Å². The smallest absolute Gasteiger partial charge is 0.394 e. The third kappa shape index (κ3) is 4.53. The van der Waals surface area contributed by atoms with E-state index in [2.05, 4.69) is 14.7 Å². The molecular formula is C22H19F2N3O3. The molecule has 0 radical (unpaired) electrons. The number of rotatable bonds is 5. The number of hydrogen-bond donors (Lipinski definition) is 0. The normalized spacial score (nSPS) is 21.3. The van der Waals surface area contributed by atoms with Crippen molar-refractivity contribution in [3.8, 4) is 22.6 Å². The summed E-state index contributed by atoms with van der Waals surface area (Å²) in [5, 5.41) is 0. The summed E-state index contributed by atoms with van der Waals surface area (Å²) in [4.78, 5) is 21.9. The molecule has 0 N–H and O–H groups in total. The van der Waals surface area contributed by atoms with Crippen molar-refractivity contribution in [2.75, 3.05) is 13.1 Å². The summed E-state index contributed by atoms with van der Waals surface area (Å²) in [5.74, 6) is -3.42. The molecule has 6 nitrogen and oxygen atoms in total. The number of fused-ring (bicyclic) bond motifs is 1. The molecule has 0 aliphatic carbocycles. The topological polar surface area (TPSA) is 64.6 Å². The van der Waals surface area contributed by atoms with Gasteiger partial charge in [-0.25, -0.2) is 9.97 Å². The Labute approximate surface area is 189 Å². The highest BCUT2D eigenvalue weighted by atomic mass is 19.3. The Balaban J connectivity index is 1.96. The van der Waals surface area contributed by atoms with Crippen molar-refractivity contribution < 1.29 is 39.5 Å². The minimum absolute atomic E-state index is 0.313. The molecule has 2 aromatic carbocycles. The summed E-state index contributed by atoms with van der Waals surface area (Å²) in [6.07, 6.45) is -5.16. The quantitative estimate of drug-likeness (QED) is 0.616. The van der Waals surface area contributed by atoms with Crippen LogP contribution in [0.5, 0.6) is 11.5 Å². The van der Waals surface area contributed by atoms with E-state index in [-0.39, 0.29) is 5.82 Å². The molecule has 0 unspecified atom stereocenters. The first kappa shape index (κ1) is 9.97. The van der Waals surface area contributed by atoms with E-state index in [4.69, 9.17) is 21.2 Å². The Bertz CT molecular complexity index is 1600. The molecule has 0 saturated carbocycles. The van der Waals surface area contributed by atoms with Crippen LogP contribution in [0.2, 0.25) is 0 Å². The van der Waals surface area contributed by atoms with Crippen molar-refractivity contribution in [1.82, 2.24) is 14.9 Å². The lowest BCUT2D eigenvalue weighted by molar-refractivity contribution is -0.158. The van der Waals surface area contributed by atoms with Gasteiger partial charge in [-0.1, -0.05) is 18.1 Å². The van der Waals surface area contributed by atoms with Crippen LogP contribution in [0.15, 0.2) is 60.7 Å². The summed E-state index contributed by atoms with van der Waals surface area (Å²) in [6.45, 7) is -3.88. The predicted octanol–water partition coefficient (Wildman–Crippen LogP) is 4.17. The van der Waals surface area contributed by atoms with E-state index in [1.165, 1.54) is 0 Å². The van der Waals surface area contributed by atoms with Crippen molar-refractivity contribution in [3.05, 3.63) is 72.1 Å². The fraction of sp³-hybridized carbons (Fsp3) is 0.227. The lowest BCUT2D eigenvalue weighted by Crippen LogP contribution is -2.32. The predicted molar refractivity (Wildman–Crippen MR) is 105 cm³/mol. The fourth-order valence-corrected chi connectivity index (χ4v) is 2.42. The molecule has 1 aliphatic heterocycles. The number of ether oxygens (including phenoxy) is 2. The van der Waals surface area contributed by atoms with E-state index in [1.54, 1.807) is 0 Å². The Morgan fingerprint density at radius 2 is 1.90 bits per heavy atom. The van der Waals surface area contributed by atoms with Gasteiger partial charge in [0.15, 0.2) is 0 Å². The van der Waals surface area contributed by atoms with Gasteiger partial charge < -0.3 is 14.4 Å². The molecule has 1 aliphatic rings. The number of aromatic nitrogens is 2. The maximum absolute atomic E-state index is 13.7. The number of nitrogens with zero attached hydrogens (tertiary/aromatic N) is 3. The minimum atomic E-state index is -3.88. The van der Waals surface area contributed by atoms with Crippen molar-refractivity contribution in [3.63, 3.8) is 0 Å². The number of carbonyl (C=O) groups is 1. The van der Waals surface area contributed by atoms with E-state index < -0.39 is 121 Å². The van der Waals surface area contributed by atoms with Gasteiger partial charge in [0, 0.05) is 19.3 Å². The van der Waals surface area contributed by atoms with E-state index in [0.29, 0.717) is 6.92 Å². The van der Waals surface area contributed by atoms with E-state index >= 15 is 0 Å². The summed E-state index contributed by atoms with van der Waals surface area (Å²) in [6, 6.07) is -7.60. The van der Waals surface area contributed by atoms with Crippen molar-refractivity contribution in [2.45, 2.75) is 19.6 Å². The third-order valence-electron chi connectivity index (χ3n) is 3.66. The molecule has 1 aromatic heterocycles. The summed E-state index contributed by atoms with van der Waals surface area (Å²) >= 11 is 0. The lowest BCUT2D eigenvalue weighted by Gasteiger charge is -2.19. The van der Waals surface area contributed by atoms with Gasteiger partial charge in [-0.3, -0.25) is 4.79 Å². The molecule has 8 heteroatoms. The first-order valence-corrected chi connectivity index (χ1v) is 8.36. The van der Waals surface area contributed by atoms with Crippen LogP contribution in [0.4, 0.5) is 8.78 Å². The maximum atomic E-state index is 13.7. The highest BCUT2D eigenvalue weighted by molar-refractivity contribution is 5.98. The first-order valence-electron chi connectivity index (χ1n) is 14.4. The van der Waals surface area contributed by atoms with Crippen LogP contribution in [-0.2, 0) is 6.54 Å². The van der Waals surface area contributed by atoms with Gasteiger partial charge in [-0.2, -0.15) is 8.78 Å². The number of halogens is 2. The van der Waals surface area contributed by atoms with Gasteiger partial charge in [0.25, 0.3) is 5.91 Å². The van der Waals surface area contributed by atoms with Gasteiger partial charge >= 0.3 is 6.11 Å². The summed E-state index contributed by atoms with van der Waals surface area (Å²) in [5.41, 5.74) is -2.33. The zero-order chi connectivity index (χ0) is 31.6. The zero-order valence-electron chi connectivity index (χ0n) is 27.2. The molecule has 0 saturated heterocycles. The average Bonchev–Trinajstić information content (AvgIpc) is 2.97. The van der Waals surface area contributed by atoms with Gasteiger partial charge in [0.2, 0.25) is 0 Å². The second-order valence-electron chi connectivity index (χ2n) is 5.96. The number of benzene rings is 2. The number of alkyl halides is 2. The lowest BCUT2D eigenvalue weighted by atomic mass is 10.0. The van der Waals surface area contributed by atoms with Crippen LogP contribution >= 0.6 is 0 Å². The zero-order valence-corrected chi connectivity index (χ0v) is 15.2. The molecule has 30 heavy (non-hydrogen) atoms. The summed E-state index contributed by atoms with van der Waals surface area (Å²) in [7, 11) is 0. The second-order valence-corrected chi connectivity index (χ2v) is 5.96. The number of carbonyl (C=O) groups excluding carboxylic acids is 1. The first-order chi connectivity index (χ1) is 19.3. The minimum Gasteiger partial charge on any atom is -0.491 e. The molecule has 3 aromatic rings. The Morgan fingerprint density at radius 1 is 1.20 bits per heavy atom. The van der Waals surface area contributed by atoms with Crippen LogP contribution in [0.1, 0.15) is 39.6 Å². The van der Waals surface area contributed by atoms with Crippen LogP contribution in [-0.4, -0.2) is 40.0 Å². The molecule has 4 rings (SSSR count). The molecule has 0 spiro atoms. The highest BCUT2D eigenvalue weighted by Crippen LogP contribution is 2.31. The van der Waals surface area contributed by atoms with Crippen LogP contribution < -0.4 is 9.47 Å². The Kier molecular flexibility index (Phi) is 2.68. The standard InChI is InChI=1S/C22H19F2N3O3/c1-22(23,24)30-17-6-3-15(4-7-17)16-5-8-19-18(13-16)21(28)27(11-12-29-19)14-20-25-9-2-10-26-20/h2-10,13H,11-12,14H2,1H3/i2D,3D,4D,5D,6D,7D,8D,9D,10D,12D2,13D. The maximum Gasteiger partial charge on any atom is 0.394 e. The van der Waals surface area contributed by atoms with Gasteiger partial charge in [-0.15, -0.1) is 0 Å². The molecule has 0 atom stereocenters. The monoisotopic (exact) mass is 423 g/mol. The molecule has 0 bridgehead atoms. The molecule has 0 fully saturated rings. The molecular weight excluding hydrogens is 392 g/mol. The van der Waals surface area contributed by atoms with E-state index in [1.807, 2.05) is 0 Å². The number of hydrogen-bond acceptors (Lipinski definition) is 5. The Morgan fingerprint density at radius 3 is 2.60 bits per heavy atom. The third-order valence-corrected chi connectivity index (χ3v) is 3.66. The van der Waals surface area contributed by atoms with Gasteiger partial charge in [-0.05, 0) is 41.3 Å². The largest absolute Gasteiger partial charge is 0.491 e. The molecule has 1 amide bonds.